The van der Waals surface area contributed by atoms with Gasteiger partial charge in [-0.15, -0.1) is 24.0 Å². The van der Waals surface area contributed by atoms with Crippen molar-refractivity contribution in [3.63, 3.8) is 0 Å². The summed E-state index contributed by atoms with van der Waals surface area (Å²) in [4.78, 5) is 4.25. The smallest absolute Gasteiger partial charge is 0.191 e. The van der Waals surface area contributed by atoms with E-state index in [-0.39, 0.29) is 24.0 Å². The number of nitrogens with zero attached hydrogens (tertiary/aromatic N) is 1. The number of guanidine groups is 1. The van der Waals surface area contributed by atoms with Crippen LogP contribution in [0.4, 0.5) is 0 Å². The second kappa shape index (κ2) is 16.8. The lowest BCUT2D eigenvalue weighted by atomic mass is 10.1. The molecule has 1 heterocycles. The first-order chi connectivity index (χ1) is 13.8. The molecule has 0 spiro atoms. The number of benzene rings is 1. The van der Waals surface area contributed by atoms with Gasteiger partial charge in [-0.2, -0.15) is 0 Å². The van der Waals surface area contributed by atoms with Crippen LogP contribution in [0.3, 0.4) is 0 Å². The summed E-state index contributed by atoms with van der Waals surface area (Å²) in [6, 6.07) is 8.52. The van der Waals surface area contributed by atoms with Crippen LogP contribution in [0, 0.1) is 0 Å². The minimum Gasteiger partial charge on any atom is -0.382 e. The Kier molecular flexibility index (Phi) is 15.1. The Bertz CT molecular complexity index is 551. The molecule has 0 saturated carbocycles. The van der Waals surface area contributed by atoms with Crippen LogP contribution in [0.5, 0.6) is 0 Å². The summed E-state index contributed by atoms with van der Waals surface area (Å²) in [6.07, 6.45) is 3.24. The van der Waals surface area contributed by atoms with Gasteiger partial charge in [0, 0.05) is 47.1 Å². The van der Waals surface area contributed by atoms with Crippen molar-refractivity contribution in [1.82, 2.24) is 10.6 Å². The highest BCUT2D eigenvalue weighted by molar-refractivity contribution is 14.0. The van der Waals surface area contributed by atoms with E-state index in [0.717, 1.165) is 51.5 Å². The molecule has 7 nitrogen and oxygen atoms in total. The molecule has 2 N–H and O–H groups in total. The highest BCUT2D eigenvalue weighted by Crippen LogP contribution is 2.14. The molecule has 0 radical (unpaired) electrons. The number of nitrogens with one attached hydrogen (secondary N) is 2. The van der Waals surface area contributed by atoms with Gasteiger partial charge in [-0.25, -0.2) is 0 Å². The fourth-order valence-electron chi connectivity index (χ4n) is 2.84. The topological polar surface area (TPSA) is 73.3 Å². The molecular weight excluding hydrogens is 485 g/mol. The molecule has 29 heavy (non-hydrogen) atoms. The number of hydrogen-bond acceptors (Lipinski definition) is 5. The summed E-state index contributed by atoms with van der Waals surface area (Å²) in [5.74, 6) is 0.795. The van der Waals surface area contributed by atoms with E-state index in [4.69, 9.17) is 18.9 Å². The van der Waals surface area contributed by atoms with Crippen molar-refractivity contribution in [2.45, 2.75) is 38.5 Å². The predicted molar refractivity (Wildman–Crippen MR) is 126 cm³/mol. The Labute approximate surface area is 191 Å². The van der Waals surface area contributed by atoms with Gasteiger partial charge in [-0.3, -0.25) is 4.99 Å². The van der Waals surface area contributed by atoms with Crippen molar-refractivity contribution in [1.29, 1.82) is 0 Å². The van der Waals surface area contributed by atoms with Crippen molar-refractivity contribution in [3.8, 4) is 0 Å². The Morgan fingerprint density at radius 3 is 2.48 bits per heavy atom. The molecule has 0 unspecified atom stereocenters. The molecule has 2 rings (SSSR count). The van der Waals surface area contributed by atoms with Crippen LogP contribution in [0.2, 0.25) is 0 Å². The number of halogens is 1. The number of rotatable bonds is 12. The molecule has 0 amide bonds. The van der Waals surface area contributed by atoms with Gasteiger partial charge < -0.3 is 29.6 Å². The first-order valence-corrected chi connectivity index (χ1v) is 10.1. The SMILES string of the molecule is CN=C(NCCCOCCOC)NCc1ccc(COC2CCOCC2)cc1.I. The van der Waals surface area contributed by atoms with Gasteiger partial charge in [0.1, 0.15) is 0 Å². The van der Waals surface area contributed by atoms with Gasteiger partial charge in [0.25, 0.3) is 0 Å². The first-order valence-electron chi connectivity index (χ1n) is 10.1. The van der Waals surface area contributed by atoms with Gasteiger partial charge >= 0.3 is 0 Å². The molecule has 1 aromatic rings. The van der Waals surface area contributed by atoms with Crippen molar-refractivity contribution in [3.05, 3.63) is 35.4 Å². The molecule has 166 valence electrons. The summed E-state index contributed by atoms with van der Waals surface area (Å²) in [7, 11) is 3.45. The summed E-state index contributed by atoms with van der Waals surface area (Å²) in [5.41, 5.74) is 2.41. The molecule has 1 aliphatic heterocycles. The quantitative estimate of drug-likeness (QED) is 0.191. The number of methoxy groups -OCH3 is 1. The fourth-order valence-corrected chi connectivity index (χ4v) is 2.84. The van der Waals surface area contributed by atoms with Crippen LogP contribution >= 0.6 is 24.0 Å². The van der Waals surface area contributed by atoms with E-state index in [1.807, 2.05) is 0 Å². The van der Waals surface area contributed by atoms with Crippen molar-refractivity contribution in [2.75, 3.05) is 53.7 Å². The average Bonchev–Trinajstić information content (AvgIpc) is 2.75. The maximum Gasteiger partial charge on any atom is 0.191 e. The van der Waals surface area contributed by atoms with E-state index < -0.39 is 0 Å². The zero-order valence-corrected chi connectivity index (χ0v) is 20.0. The summed E-state index contributed by atoms with van der Waals surface area (Å²) in [5, 5.41) is 6.63. The zero-order valence-electron chi connectivity index (χ0n) is 17.7. The van der Waals surface area contributed by atoms with E-state index in [1.165, 1.54) is 11.1 Å². The average molecular weight is 521 g/mol. The minimum absolute atomic E-state index is 0. The Hall–Kier alpha value is -0.940. The lowest BCUT2D eigenvalue weighted by Gasteiger charge is -2.22. The highest BCUT2D eigenvalue weighted by Gasteiger charge is 2.13. The lowest BCUT2D eigenvalue weighted by molar-refractivity contribution is -0.0390. The molecule has 0 bridgehead atoms. The molecule has 1 aromatic carbocycles. The van der Waals surface area contributed by atoms with E-state index in [1.54, 1.807) is 14.2 Å². The maximum absolute atomic E-state index is 5.97. The van der Waals surface area contributed by atoms with Crippen LogP contribution in [-0.2, 0) is 32.1 Å². The van der Waals surface area contributed by atoms with Crippen molar-refractivity contribution in [2.24, 2.45) is 4.99 Å². The summed E-state index contributed by atoms with van der Waals surface area (Å²) in [6.45, 7) is 5.81. The molecular formula is C21H36IN3O4. The normalized spacial score (nSPS) is 15.0. The first kappa shape index (κ1) is 26.1. The van der Waals surface area contributed by atoms with E-state index in [0.29, 0.717) is 32.5 Å². The molecule has 1 fully saturated rings. The monoisotopic (exact) mass is 521 g/mol. The third-order valence-electron chi connectivity index (χ3n) is 4.55. The van der Waals surface area contributed by atoms with Crippen LogP contribution < -0.4 is 10.6 Å². The van der Waals surface area contributed by atoms with E-state index in [2.05, 4.69) is 39.9 Å². The van der Waals surface area contributed by atoms with Gasteiger partial charge in [-0.05, 0) is 30.4 Å². The van der Waals surface area contributed by atoms with Crippen LogP contribution in [0.1, 0.15) is 30.4 Å². The summed E-state index contributed by atoms with van der Waals surface area (Å²) < 4.78 is 21.7. The number of ether oxygens (including phenoxy) is 4. The standard InChI is InChI=1S/C21H35N3O4.HI/c1-22-21(23-10-3-11-26-15-14-25-2)24-16-18-4-6-19(7-5-18)17-28-20-8-12-27-13-9-20;/h4-7,20H,3,8-17H2,1-2H3,(H2,22,23,24);1H. The molecule has 8 heteroatoms. The van der Waals surface area contributed by atoms with Gasteiger partial charge in [-0.1, -0.05) is 24.3 Å². The van der Waals surface area contributed by atoms with Gasteiger partial charge in [0.15, 0.2) is 5.96 Å². The van der Waals surface area contributed by atoms with Crippen LogP contribution in [0.25, 0.3) is 0 Å². The number of hydrogen-bond donors (Lipinski definition) is 2. The summed E-state index contributed by atoms with van der Waals surface area (Å²) >= 11 is 0. The molecule has 0 aromatic heterocycles. The van der Waals surface area contributed by atoms with Crippen LogP contribution in [0.15, 0.2) is 29.3 Å². The number of aliphatic imine (C=N–C) groups is 1. The highest BCUT2D eigenvalue weighted by atomic mass is 127. The molecule has 0 aliphatic carbocycles. The van der Waals surface area contributed by atoms with E-state index in [9.17, 15) is 0 Å². The van der Waals surface area contributed by atoms with E-state index >= 15 is 0 Å². The fraction of sp³-hybridized carbons (Fsp3) is 0.667. The zero-order chi connectivity index (χ0) is 19.9. The van der Waals surface area contributed by atoms with Gasteiger partial charge in [0.2, 0.25) is 0 Å². The lowest BCUT2D eigenvalue weighted by Crippen LogP contribution is -2.37. The van der Waals surface area contributed by atoms with Crippen molar-refractivity contribution >= 4 is 29.9 Å². The third kappa shape index (κ3) is 11.7. The second-order valence-corrected chi connectivity index (χ2v) is 6.75. The molecule has 1 aliphatic rings. The molecule has 1 saturated heterocycles. The predicted octanol–water partition coefficient (Wildman–Crippen LogP) is 2.72. The Morgan fingerprint density at radius 2 is 1.79 bits per heavy atom. The second-order valence-electron chi connectivity index (χ2n) is 6.75. The van der Waals surface area contributed by atoms with Crippen LogP contribution in [-0.4, -0.2) is 65.8 Å². The third-order valence-corrected chi connectivity index (χ3v) is 4.55. The largest absolute Gasteiger partial charge is 0.382 e. The Balaban J connectivity index is 0.00000420. The van der Waals surface area contributed by atoms with Crippen molar-refractivity contribution < 1.29 is 18.9 Å². The van der Waals surface area contributed by atoms with Gasteiger partial charge in [0.05, 0.1) is 25.9 Å². The maximum atomic E-state index is 5.97. The minimum atomic E-state index is 0. The Morgan fingerprint density at radius 1 is 1.07 bits per heavy atom. The molecule has 0 atom stereocenters.